The lowest BCUT2D eigenvalue weighted by molar-refractivity contribution is -0.122. The van der Waals surface area contributed by atoms with Crippen LogP contribution in [0.1, 0.15) is 18.4 Å². The molecule has 6 nitrogen and oxygen atoms in total. The number of carbonyl (C=O) groups excluding carboxylic acids is 1. The first-order chi connectivity index (χ1) is 9.92. The molecular weight excluding hydrogens is 290 g/mol. The van der Waals surface area contributed by atoms with Crippen molar-refractivity contribution in [2.75, 3.05) is 25.4 Å². The topological polar surface area (TPSA) is 92.5 Å². The summed E-state index contributed by atoms with van der Waals surface area (Å²) in [6, 6.07) is 8.68. The van der Waals surface area contributed by atoms with E-state index in [1.807, 2.05) is 37.3 Å². The maximum Gasteiger partial charge on any atom is 0.237 e. The van der Waals surface area contributed by atoms with E-state index in [0.717, 1.165) is 5.56 Å². The van der Waals surface area contributed by atoms with Gasteiger partial charge in [-0.2, -0.15) is 4.31 Å². The van der Waals surface area contributed by atoms with E-state index in [2.05, 4.69) is 5.32 Å². The molecule has 1 aromatic carbocycles. The number of sulfonamides is 1. The predicted octanol–water partition coefficient (Wildman–Crippen LogP) is -0.121. The van der Waals surface area contributed by atoms with E-state index >= 15 is 0 Å². The zero-order valence-corrected chi connectivity index (χ0v) is 12.8. The minimum atomic E-state index is -3.53. The molecule has 1 amide bonds. The van der Waals surface area contributed by atoms with Crippen LogP contribution in [0.5, 0.6) is 0 Å². The van der Waals surface area contributed by atoms with Crippen LogP contribution in [0.4, 0.5) is 0 Å². The minimum absolute atomic E-state index is 0.0270. The molecule has 2 atom stereocenters. The summed E-state index contributed by atoms with van der Waals surface area (Å²) in [5, 5.41) is 3.00. The molecule has 1 fully saturated rings. The third-order valence-corrected chi connectivity index (χ3v) is 5.78. The summed E-state index contributed by atoms with van der Waals surface area (Å²) in [5.74, 6) is -0.779. The number of nitrogens with zero attached hydrogens (tertiary/aromatic N) is 1. The van der Waals surface area contributed by atoms with E-state index in [1.165, 1.54) is 4.31 Å². The Balaban J connectivity index is 2.15. The summed E-state index contributed by atoms with van der Waals surface area (Å²) >= 11 is 0. The van der Waals surface area contributed by atoms with Crippen LogP contribution in [0.25, 0.3) is 0 Å². The number of nitrogens with one attached hydrogen (secondary N) is 1. The quantitative estimate of drug-likeness (QED) is 0.793. The molecule has 7 heteroatoms. The van der Waals surface area contributed by atoms with Gasteiger partial charge in [-0.3, -0.25) is 4.79 Å². The molecule has 1 saturated heterocycles. The third-order valence-electron chi connectivity index (χ3n) is 3.71. The smallest absolute Gasteiger partial charge is 0.237 e. The molecule has 21 heavy (non-hydrogen) atoms. The van der Waals surface area contributed by atoms with Crippen LogP contribution in [0.2, 0.25) is 0 Å². The lowest BCUT2D eigenvalue weighted by Gasteiger charge is -2.33. The van der Waals surface area contributed by atoms with Gasteiger partial charge in [0.25, 0.3) is 0 Å². The fourth-order valence-electron chi connectivity index (χ4n) is 2.55. The van der Waals surface area contributed by atoms with Crippen molar-refractivity contribution in [2.45, 2.75) is 18.9 Å². The molecule has 1 aliphatic rings. The number of benzene rings is 1. The molecule has 2 unspecified atom stereocenters. The molecule has 0 bridgehead atoms. The van der Waals surface area contributed by atoms with Gasteiger partial charge in [-0.1, -0.05) is 37.3 Å². The molecule has 0 radical (unpaired) electrons. The number of nitrogens with two attached hydrogens (primary N) is 1. The molecule has 3 N–H and O–H groups in total. The second kappa shape index (κ2) is 6.55. The van der Waals surface area contributed by atoms with E-state index in [1.54, 1.807) is 0 Å². The van der Waals surface area contributed by atoms with Crippen molar-refractivity contribution >= 4 is 15.9 Å². The summed E-state index contributed by atoms with van der Waals surface area (Å²) < 4.78 is 26.4. The predicted molar refractivity (Wildman–Crippen MR) is 81.2 cm³/mol. The number of rotatable bonds is 5. The lowest BCUT2D eigenvalue weighted by atomic mass is 10.0. The highest BCUT2D eigenvalue weighted by atomic mass is 32.2. The van der Waals surface area contributed by atoms with Gasteiger partial charge in [0.2, 0.25) is 15.9 Å². The maximum absolute atomic E-state index is 12.6. The van der Waals surface area contributed by atoms with Crippen LogP contribution >= 0.6 is 0 Å². The maximum atomic E-state index is 12.6. The van der Waals surface area contributed by atoms with Gasteiger partial charge in [0.05, 0.1) is 5.75 Å². The van der Waals surface area contributed by atoms with Crippen LogP contribution in [0.15, 0.2) is 30.3 Å². The van der Waals surface area contributed by atoms with Gasteiger partial charge in [0, 0.05) is 19.6 Å². The van der Waals surface area contributed by atoms with Crippen molar-refractivity contribution in [3.05, 3.63) is 35.9 Å². The van der Waals surface area contributed by atoms with Crippen molar-refractivity contribution in [1.82, 2.24) is 9.62 Å². The molecular formula is C14H21N3O3S. The number of carbonyl (C=O) groups is 1. The highest BCUT2D eigenvalue weighted by Crippen LogP contribution is 2.20. The van der Waals surface area contributed by atoms with Crippen LogP contribution in [-0.2, 0) is 14.8 Å². The highest BCUT2D eigenvalue weighted by molar-refractivity contribution is 7.89. The van der Waals surface area contributed by atoms with Crippen LogP contribution in [0.3, 0.4) is 0 Å². The monoisotopic (exact) mass is 311 g/mol. The van der Waals surface area contributed by atoms with Crippen molar-refractivity contribution in [3.63, 3.8) is 0 Å². The fourth-order valence-corrected chi connectivity index (χ4v) is 4.50. The summed E-state index contributed by atoms with van der Waals surface area (Å²) in [5.41, 5.74) is 6.28. The van der Waals surface area contributed by atoms with E-state index in [4.69, 9.17) is 5.73 Å². The molecule has 1 aromatic rings. The number of hydrogen-bond donors (Lipinski definition) is 2. The minimum Gasteiger partial charge on any atom is -0.368 e. The first-order valence-corrected chi connectivity index (χ1v) is 8.57. The van der Waals surface area contributed by atoms with Crippen molar-refractivity contribution in [1.29, 1.82) is 0 Å². The van der Waals surface area contributed by atoms with Gasteiger partial charge >= 0.3 is 0 Å². The first-order valence-electron chi connectivity index (χ1n) is 6.96. The SMILES string of the molecule is CC(CS(=O)(=O)N1CCNCC1C(N)=O)c1ccccc1. The fraction of sp³-hybridized carbons (Fsp3) is 0.500. The van der Waals surface area contributed by atoms with E-state index in [9.17, 15) is 13.2 Å². The van der Waals surface area contributed by atoms with Gasteiger partial charge in [-0.15, -0.1) is 0 Å². The van der Waals surface area contributed by atoms with E-state index in [-0.39, 0.29) is 24.8 Å². The van der Waals surface area contributed by atoms with Crippen LogP contribution in [0, 0.1) is 0 Å². The molecule has 1 aliphatic heterocycles. The van der Waals surface area contributed by atoms with E-state index < -0.39 is 22.0 Å². The molecule has 116 valence electrons. The number of amides is 1. The molecule has 1 heterocycles. The van der Waals surface area contributed by atoms with Crippen molar-refractivity contribution < 1.29 is 13.2 Å². The van der Waals surface area contributed by atoms with Crippen LogP contribution < -0.4 is 11.1 Å². The summed E-state index contributed by atoms with van der Waals surface area (Å²) in [7, 11) is -3.53. The second-order valence-corrected chi connectivity index (χ2v) is 7.29. The molecule has 0 saturated carbocycles. The summed E-state index contributed by atoms with van der Waals surface area (Å²) in [6.45, 7) is 2.95. The zero-order valence-electron chi connectivity index (χ0n) is 12.0. The molecule has 2 rings (SSSR count). The standard InChI is InChI=1S/C14H21N3O3S/c1-11(12-5-3-2-4-6-12)10-21(19,20)17-8-7-16-9-13(17)14(15)18/h2-6,11,13,16H,7-10H2,1H3,(H2,15,18). The second-order valence-electron chi connectivity index (χ2n) is 5.32. The van der Waals surface area contributed by atoms with Gasteiger partial charge in [-0.25, -0.2) is 8.42 Å². The molecule has 0 aliphatic carbocycles. The van der Waals surface area contributed by atoms with Crippen LogP contribution in [-0.4, -0.2) is 50.1 Å². The van der Waals surface area contributed by atoms with Crippen molar-refractivity contribution in [3.8, 4) is 0 Å². The number of hydrogen-bond acceptors (Lipinski definition) is 4. The zero-order chi connectivity index (χ0) is 15.5. The highest BCUT2D eigenvalue weighted by Gasteiger charge is 2.36. The Labute approximate surface area is 125 Å². The first kappa shape index (κ1) is 15.9. The number of piperazine rings is 1. The Morgan fingerprint density at radius 2 is 2.10 bits per heavy atom. The summed E-state index contributed by atoms with van der Waals surface area (Å²) in [4.78, 5) is 11.4. The Kier molecular flexibility index (Phi) is 4.97. The largest absolute Gasteiger partial charge is 0.368 e. The average molecular weight is 311 g/mol. The number of primary amides is 1. The Morgan fingerprint density at radius 1 is 1.43 bits per heavy atom. The lowest BCUT2D eigenvalue weighted by Crippen LogP contribution is -2.59. The van der Waals surface area contributed by atoms with E-state index in [0.29, 0.717) is 6.54 Å². The van der Waals surface area contributed by atoms with Gasteiger partial charge < -0.3 is 11.1 Å². The van der Waals surface area contributed by atoms with Gasteiger partial charge in [-0.05, 0) is 11.5 Å². The van der Waals surface area contributed by atoms with Gasteiger partial charge in [0.15, 0.2) is 0 Å². The van der Waals surface area contributed by atoms with Gasteiger partial charge in [0.1, 0.15) is 6.04 Å². The summed E-state index contributed by atoms with van der Waals surface area (Å²) in [6.07, 6.45) is 0. The van der Waals surface area contributed by atoms with Crippen molar-refractivity contribution in [2.24, 2.45) is 5.73 Å². The Morgan fingerprint density at radius 3 is 2.71 bits per heavy atom. The molecule has 0 aromatic heterocycles. The third kappa shape index (κ3) is 3.81. The Hall–Kier alpha value is -1.44. The Bertz CT molecular complexity index is 589. The molecule has 0 spiro atoms. The average Bonchev–Trinajstić information content (AvgIpc) is 2.47. The normalized spacial score (nSPS) is 21.9.